The molecule has 9 nitrogen and oxygen atoms in total. The van der Waals surface area contributed by atoms with Crippen molar-refractivity contribution >= 4 is 17.9 Å². The molecule has 2 atom stereocenters. The number of hydrogen-bond acceptors (Lipinski definition) is 7. The first-order valence-corrected chi connectivity index (χ1v) is 37.4. The summed E-state index contributed by atoms with van der Waals surface area (Å²) in [4.78, 5) is 37.7. The number of likely N-dealkylation sites (N-methyl/N-ethyl adjacent to an activating group) is 1. The zero-order valence-electron chi connectivity index (χ0n) is 57.1. The maximum Gasteiger partial charge on any atom is 0.361 e. The van der Waals surface area contributed by atoms with Gasteiger partial charge >= 0.3 is 17.9 Å². The zero-order chi connectivity index (χ0) is 61.2. The van der Waals surface area contributed by atoms with Crippen LogP contribution >= 0.6 is 0 Å². The molecule has 0 saturated heterocycles. The summed E-state index contributed by atoms with van der Waals surface area (Å²) in [6.07, 6.45) is 79.2. The number of carboxylic acids is 1. The average molecular weight is 1190 g/mol. The van der Waals surface area contributed by atoms with Crippen LogP contribution in [0.15, 0.2) is 12.2 Å². The third-order valence-corrected chi connectivity index (χ3v) is 17.3. The first-order chi connectivity index (χ1) is 41.1. The molecule has 0 bridgehead atoms. The molecule has 9 heteroatoms. The van der Waals surface area contributed by atoms with Crippen LogP contribution in [0.5, 0.6) is 0 Å². The predicted octanol–water partition coefficient (Wildman–Crippen LogP) is 23.2. The fraction of sp³-hybridized carbons (Fsp3) is 0.933. The van der Waals surface area contributed by atoms with Gasteiger partial charge in [-0.15, -0.1) is 0 Å². The molecule has 0 heterocycles. The molecule has 0 amide bonds. The Kier molecular flexibility index (Phi) is 65.4. The third-order valence-electron chi connectivity index (χ3n) is 17.3. The lowest BCUT2D eigenvalue weighted by Gasteiger charge is -2.25. The molecular weight excluding hydrogens is 1040 g/mol. The standard InChI is InChI=1S/C75H145NO8/c1-6-8-10-12-14-16-18-20-22-24-26-28-30-32-34-35-36-37-38-40-41-43-45-47-49-51-53-55-57-59-61-63-65-72(77)82-69-71(70-83-75(74(79)80)81-68-67-76(3,4)5)84-73(78)66-64-62-60-58-56-54-52-50-48-46-44-42-39-33-31-29-27-25-23-21-19-17-15-13-11-9-7-2/h25,27,71,75H,6-24,26,28-70H2,1-5H3/p+1/b27-25-. The molecule has 0 rings (SSSR count). The van der Waals surface area contributed by atoms with Crippen molar-refractivity contribution in [2.24, 2.45) is 0 Å². The van der Waals surface area contributed by atoms with Crippen LogP contribution in [0, 0.1) is 0 Å². The number of nitrogens with zero attached hydrogens (tertiary/aromatic N) is 1. The van der Waals surface area contributed by atoms with E-state index in [1.54, 1.807) is 0 Å². The third kappa shape index (κ3) is 67.5. The van der Waals surface area contributed by atoms with E-state index >= 15 is 0 Å². The van der Waals surface area contributed by atoms with Crippen LogP contribution < -0.4 is 0 Å². The number of carboxylic acid groups (broad SMARTS) is 1. The molecule has 0 aliphatic rings. The largest absolute Gasteiger partial charge is 0.477 e. The van der Waals surface area contributed by atoms with Crippen LogP contribution in [0.4, 0.5) is 0 Å². The molecule has 0 fully saturated rings. The van der Waals surface area contributed by atoms with Crippen LogP contribution in [-0.2, 0) is 33.3 Å². The van der Waals surface area contributed by atoms with E-state index in [1.165, 1.54) is 327 Å². The number of carbonyl (C=O) groups is 3. The lowest BCUT2D eigenvalue weighted by molar-refractivity contribution is -0.870. The maximum absolute atomic E-state index is 13.0. The zero-order valence-corrected chi connectivity index (χ0v) is 57.1. The van der Waals surface area contributed by atoms with E-state index in [2.05, 4.69) is 26.0 Å². The minimum Gasteiger partial charge on any atom is -0.477 e. The lowest BCUT2D eigenvalue weighted by Crippen LogP contribution is -2.40. The normalized spacial score (nSPS) is 12.6. The van der Waals surface area contributed by atoms with Gasteiger partial charge in [0, 0.05) is 12.8 Å². The van der Waals surface area contributed by atoms with Crippen LogP contribution in [0.1, 0.15) is 393 Å². The van der Waals surface area contributed by atoms with Crippen molar-refractivity contribution in [2.75, 3.05) is 47.5 Å². The molecule has 84 heavy (non-hydrogen) atoms. The number of rotatable bonds is 71. The summed E-state index contributed by atoms with van der Waals surface area (Å²) in [6, 6.07) is 0. The predicted molar refractivity (Wildman–Crippen MR) is 360 cm³/mol. The van der Waals surface area contributed by atoms with E-state index in [0.717, 1.165) is 38.5 Å². The molecular formula is C75H146NO8+. The van der Waals surface area contributed by atoms with Gasteiger partial charge in [0.15, 0.2) is 6.10 Å². The van der Waals surface area contributed by atoms with Gasteiger partial charge in [0.2, 0.25) is 0 Å². The quantitative estimate of drug-likeness (QED) is 0.0211. The van der Waals surface area contributed by atoms with Gasteiger partial charge < -0.3 is 28.5 Å². The van der Waals surface area contributed by atoms with Crippen LogP contribution in [0.25, 0.3) is 0 Å². The summed E-state index contributed by atoms with van der Waals surface area (Å²) in [5.41, 5.74) is 0. The minimum absolute atomic E-state index is 0.174. The van der Waals surface area contributed by atoms with Gasteiger partial charge in [0.25, 0.3) is 6.29 Å². The van der Waals surface area contributed by atoms with E-state index in [9.17, 15) is 19.5 Å². The van der Waals surface area contributed by atoms with Gasteiger partial charge in [-0.2, -0.15) is 0 Å². The number of unbranched alkanes of at least 4 members (excludes halogenated alkanes) is 54. The number of ether oxygens (including phenoxy) is 4. The van der Waals surface area contributed by atoms with Gasteiger partial charge in [-0.3, -0.25) is 9.59 Å². The Morgan fingerprint density at radius 2 is 0.607 bits per heavy atom. The van der Waals surface area contributed by atoms with Crippen LogP contribution in [0.3, 0.4) is 0 Å². The first kappa shape index (κ1) is 82.0. The molecule has 0 aromatic heterocycles. The highest BCUT2D eigenvalue weighted by Crippen LogP contribution is 2.20. The van der Waals surface area contributed by atoms with E-state index in [4.69, 9.17) is 18.9 Å². The van der Waals surface area contributed by atoms with E-state index in [1.807, 2.05) is 21.1 Å². The first-order valence-electron chi connectivity index (χ1n) is 37.4. The highest BCUT2D eigenvalue weighted by molar-refractivity contribution is 5.71. The van der Waals surface area contributed by atoms with Crippen molar-refractivity contribution in [1.82, 2.24) is 0 Å². The van der Waals surface area contributed by atoms with E-state index in [-0.39, 0.29) is 38.2 Å². The van der Waals surface area contributed by atoms with Crippen molar-refractivity contribution in [3.63, 3.8) is 0 Å². The van der Waals surface area contributed by atoms with E-state index in [0.29, 0.717) is 17.4 Å². The second-order valence-corrected chi connectivity index (χ2v) is 27.0. The highest BCUT2D eigenvalue weighted by atomic mass is 16.7. The van der Waals surface area contributed by atoms with Gasteiger partial charge in [0.05, 0.1) is 34.4 Å². The van der Waals surface area contributed by atoms with Crippen molar-refractivity contribution in [1.29, 1.82) is 0 Å². The van der Waals surface area contributed by atoms with Crippen molar-refractivity contribution in [3.05, 3.63) is 12.2 Å². The smallest absolute Gasteiger partial charge is 0.361 e. The average Bonchev–Trinajstić information content (AvgIpc) is 3.51. The number of aliphatic carboxylic acids is 1. The van der Waals surface area contributed by atoms with Gasteiger partial charge in [-0.05, 0) is 38.5 Å². The second kappa shape index (κ2) is 67.0. The maximum atomic E-state index is 13.0. The summed E-state index contributed by atoms with van der Waals surface area (Å²) >= 11 is 0. The summed E-state index contributed by atoms with van der Waals surface area (Å²) in [5.74, 6) is -1.97. The Balaban J connectivity index is 4.00. The fourth-order valence-corrected chi connectivity index (χ4v) is 11.5. The summed E-state index contributed by atoms with van der Waals surface area (Å²) in [7, 11) is 6.00. The molecule has 0 aliphatic carbocycles. The number of quaternary nitrogens is 1. The Hall–Kier alpha value is -1.97. The molecule has 0 aliphatic heterocycles. The van der Waals surface area contributed by atoms with Gasteiger partial charge in [-0.1, -0.05) is 353 Å². The Morgan fingerprint density at radius 1 is 0.345 bits per heavy atom. The lowest BCUT2D eigenvalue weighted by atomic mass is 10.0. The van der Waals surface area contributed by atoms with Gasteiger partial charge in [0.1, 0.15) is 13.2 Å². The SMILES string of the molecule is CCCCCCCCCC/C=C\CCCCCCCCCCCCCCCCCC(=O)OC(COC(=O)CCCCCCCCCCCCCCCCCCCCCCCCCCCCCCCCCC)COC(OCC[N+](C)(C)C)C(=O)O. The summed E-state index contributed by atoms with van der Waals surface area (Å²) in [6.45, 7) is 4.97. The molecule has 498 valence electrons. The van der Waals surface area contributed by atoms with Crippen molar-refractivity contribution in [3.8, 4) is 0 Å². The van der Waals surface area contributed by atoms with Gasteiger partial charge in [-0.25, -0.2) is 4.79 Å². The second-order valence-electron chi connectivity index (χ2n) is 27.0. The molecule has 0 saturated carbocycles. The van der Waals surface area contributed by atoms with E-state index < -0.39 is 18.4 Å². The summed E-state index contributed by atoms with van der Waals surface area (Å²) < 4.78 is 23.0. The topological polar surface area (TPSA) is 108 Å². The monoisotopic (exact) mass is 1190 g/mol. The van der Waals surface area contributed by atoms with Crippen LogP contribution in [-0.4, -0.2) is 87.4 Å². The van der Waals surface area contributed by atoms with Crippen molar-refractivity contribution < 1.29 is 42.9 Å². The highest BCUT2D eigenvalue weighted by Gasteiger charge is 2.25. The molecule has 0 spiro atoms. The molecule has 2 unspecified atom stereocenters. The minimum atomic E-state index is -1.51. The Morgan fingerprint density at radius 3 is 0.881 bits per heavy atom. The molecule has 0 aromatic carbocycles. The molecule has 0 aromatic rings. The number of esters is 2. The number of carbonyl (C=O) groups excluding carboxylic acids is 2. The molecule has 0 radical (unpaired) electrons. The molecule has 1 N–H and O–H groups in total. The van der Waals surface area contributed by atoms with Crippen molar-refractivity contribution in [2.45, 2.75) is 405 Å². The van der Waals surface area contributed by atoms with Crippen LogP contribution in [0.2, 0.25) is 0 Å². The Bertz CT molecular complexity index is 1380. The summed E-state index contributed by atoms with van der Waals surface area (Å²) in [5, 5.41) is 9.75. The number of allylic oxidation sites excluding steroid dienone is 2. The number of hydrogen-bond donors (Lipinski definition) is 1. The fourth-order valence-electron chi connectivity index (χ4n) is 11.5. The Labute approximate surface area is 523 Å².